The topological polar surface area (TPSA) is 71.2 Å². The van der Waals surface area contributed by atoms with Crippen LogP contribution < -0.4 is 0 Å². The van der Waals surface area contributed by atoms with Gasteiger partial charge in [0.2, 0.25) is 5.91 Å². The molecule has 4 rings (SSSR count). The largest absolute Gasteiger partial charge is 0.484 e. The van der Waals surface area contributed by atoms with E-state index in [1.807, 2.05) is 15.8 Å². The Morgan fingerprint density at radius 2 is 1.97 bits per heavy atom. The summed E-state index contributed by atoms with van der Waals surface area (Å²) in [5.74, 6) is 0.670. The summed E-state index contributed by atoms with van der Waals surface area (Å²) in [5, 5.41) is 13.1. The van der Waals surface area contributed by atoms with Crippen LogP contribution in [0.2, 0.25) is 10.0 Å². The molecule has 2 aromatic rings. The molecule has 1 amide bonds. The second kappa shape index (κ2) is 12.0. The summed E-state index contributed by atoms with van der Waals surface area (Å²) in [7, 11) is 0. The number of benzene rings is 1. The molecule has 1 N–H and O–H groups in total. The van der Waals surface area contributed by atoms with Crippen molar-refractivity contribution < 1.29 is 13.9 Å². The van der Waals surface area contributed by atoms with Gasteiger partial charge in [0.1, 0.15) is 17.7 Å². The van der Waals surface area contributed by atoms with Gasteiger partial charge in [0.25, 0.3) is 0 Å². The lowest BCUT2D eigenvalue weighted by molar-refractivity contribution is -0.141. The fraction of sp³-hybridized carbons (Fsp3) is 0.483. The summed E-state index contributed by atoms with van der Waals surface area (Å²) in [6.45, 7) is 11.0. The fourth-order valence-electron chi connectivity index (χ4n) is 5.32. The maximum Gasteiger partial charge on any atom is 0.225 e. The Bertz CT molecular complexity index is 1230. The molecule has 1 saturated carbocycles. The third-order valence-electron chi connectivity index (χ3n) is 7.62. The van der Waals surface area contributed by atoms with Gasteiger partial charge in [0.05, 0.1) is 23.0 Å². The van der Waals surface area contributed by atoms with E-state index >= 15 is 0 Å². The minimum Gasteiger partial charge on any atom is -0.484 e. The molecule has 0 bridgehead atoms. The number of piperidine rings is 1. The number of halogens is 3. The predicted octanol–water partition coefficient (Wildman–Crippen LogP) is 7.51. The van der Waals surface area contributed by atoms with E-state index in [0.29, 0.717) is 28.2 Å². The number of hydrogen-bond donors (Lipinski definition) is 1. The molecule has 2 heterocycles. The summed E-state index contributed by atoms with van der Waals surface area (Å²) in [5.41, 5.74) is 1.46. The highest BCUT2D eigenvalue weighted by atomic mass is 35.5. The summed E-state index contributed by atoms with van der Waals surface area (Å²) in [6.07, 6.45) is 10.4. The number of amides is 1. The Balaban J connectivity index is 1.43. The van der Waals surface area contributed by atoms with Crippen LogP contribution in [0.4, 0.5) is 4.39 Å². The maximum absolute atomic E-state index is 14.0. The highest BCUT2D eigenvalue weighted by Crippen LogP contribution is 2.37. The number of carbonyl (C=O) groups excluding carboxylic acids is 1. The molecule has 38 heavy (non-hydrogen) atoms. The van der Waals surface area contributed by atoms with Gasteiger partial charge >= 0.3 is 0 Å². The summed E-state index contributed by atoms with van der Waals surface area (Å²) < 4.78 is 22.1. The molecule has 204 valence electrons. The predicted molar refractivity (Wildman–Crippen MR) is 149 cm³/mol. The molecule has 1 aromatic carbocycles. The Morgan fingerprint density at radius 3 is 2.58 bits per heavy atom. The minimum atomic E-state index is -0.679. The summed E-state index contributed by atoms with van der Waals surface area (Å²) in [6, 6.07) is 2.87. The monoisotopic (exact) mass is 560 g/mol. The lowest BCUT2D eigenvalue weighted by Crippen LogP contribution is -2.45. The molecule has 2 fully saturated rings. The van der Waals surface area contributed by atoms with E-state index in [-0.39, 0.29) is 28.6 Å². The number of nitrogens with one attached hydrogen (secondary N) is 1. The number of rotatable bonds is 9. The van der Waals surface area contributed by atoms with Crippen molar-refractivity contribution in [2.24, 2.45) is 11.8 Å². The first-order chi connectivity index (χ1) is 18.1. The van der Waals surface area contributed by atoms with E-state index in [9.17, 15) is 9.18 Å². The van der Waals surface area contributed by atoms with Crippen LogP contribution in [0.15, 0.2) is 49.0 Å². The van der Waals surface area contributed by atoms with E-state index in [2.05, 4.69) is 18.6 Å². The first-order valence-corrected chi connectivity index (χ1v) is 13.9. The molecule has 6 nitrogen and oxygen atoms in total. The van der Waals surface area contributed by atoms with E-state index in [1.165, 1.54) is 12.1 Å². The number of ether oxygens (including phenoxy) is 1. The van der Waals surface area contributed by atoms with Crippen LogP contribution in [-0.4, -0.2) is 39.4 Å². The molecule has 2 aliphatic rings. The van der Waals surface area contributed by atoms with Crippen molar-refractivity contribution in [2.75, 3.05) is 13.1 Å². The average Bonchev–Trinajstić information content (AvgIpc) is 3.36. The van der Waals surface area contributed by atoms with Crippen molar-refractivity contribution in [3.8, 4) is 0 Å². The molecular formula is C29H35Cl2FN4O2. The molecule has 0 radical (unpaired) electrons. The molecular weight excluding hydrogens is 526 g/mol. The van der Waals surface area contributed by atoms with Crippen LogP contribution in [0.25, 0.3) is 0 Å². The van der Waals surface area contributed by atoms with Gasteiger partial charge in [0.15, 0.2) is 0 Å². The van der Waals surface area contributed by atoms with Crippen molar-refractivity contribution in [3.63, 3.8) is 0 Å². The number of nitrogens with zero attached hydrogens (tertiary/aromatic N) is 3. The molecule has 2 unspecified atom stereocenters. The van der Waals surface area contributed by atoms with Crippen LogP contribution in [-0.2, 0) is 9.53 Å². The normalized spacial score (nSPS) is 21.9. The van der Waals surface area contributed by atoms with Gasteiger partial charge in [-0.3, -0.25) is 9.48 Å². The molecule has 9 heteroatoms. The molecule has 2 atom stereocenters. The Kier molecular flexibility index (Phi) is 8.99. The van der Waals surface area contributed by atoms with Gasteiger partial charge in [-0.15, -0.1) is 6.58 Å². The first-order valence-electron chi connectivity index (χ1n) is 13.1. The quantitative estimate of drug-likeness (QED) is 0.149. The zero-order valence-electron chi connectivity index (χ0n) is 22.1. The molecule has 1 aromatic heterocycles. The fourth-order valence-corrected chi connectivity index (χ4v) is 6.00. The third-order valence-corrected chi connectivity index (χ3v) is 8.34. The van der Waals surface area contributed by atoms with Crippen molar-refractivity contribution in [3.05, 3.63) is 76.0 Å². The third kappa shape index (κ3) is 6.15. The van der Waals surface area contributed by atoms with Crippen molar-refractivity contribution in [1.29, 1.82) is 5.41 Å². The smallest absolute Gasteiger partial charge is 0.225 e. The van der Waals surface area contributed by atoms with Gasteiger partial charge in [-0.25, -0.2) is 4.39 Å². The average molecular weight is 562 g/mol. The zero-order chi connectivity index (χ0) is 27.6. The van der Waals surface area contributed by atoms with Crippen LogP contribution in [0.3, 0.4) is 0 Å². The standard InChI is InChI=1S/C29H35Cl2FN4O2/c1-5-20(14-26(18(3)33)38-19(4)27-24(30)6-7-25(32)28(27)31)22-15-34-36(16-22)23-8-10-35(11-9-23)29(37)21-12-17(2)13-21/h5-7,14-17,19-21,23,33H,1,8-13H2,2-4H3/b26-14+,33-18?. The maximum atomic E-state index is 14.0. The van der Waals surface area contributed by atoms with Gasteiger partial charge in [-0.2, -0.15) is 5.10 Å². The van der Waals surface area contributed by atoms with E-state index < -0.39 is 11.9 Å². The molecule has 1 aliphatic carbocycles. The van der Waals surface area contributed by atoms with Crippen LogP contribution >= 0.6 is 23.2 Å². The highest BCUT2D eigenvalue weighted by molar-refractivity contribution is 6.36. The number of carbonyl (C=O) groups is 1. The Morgan fingerprint density at radius 1 is 1.29 bits per heavy atom. The van der Waals surface area contributed by atoms with E-state index in [0.717, 1.165) is 44.3 Å². The Labute approximate surface area is 233 Å². The highest BCUT2D eigenvalue weighted by Gasteiger charge is 2.36. The number of aromatic nitrogens is 2. The van der Waals surface area contributed by atoms with Crippen molar-refractivity contribution in [2.45, 2.75) is 64.5 Å². The second-order valence-electron chi connectivity index (χ2n) is 10.5. The van der Waals surface area contributed by atoms with Crippen LogP contribution in [0.1, 0.15) is 75.6 Å². The van der Waals surface area contributed by atoms with Gasteiger partial charge in [0, 0.05) is 47.3 Å². The van der Waals surface area contributed by atoms with Crippen LogP contribution in [0, 0.1) is 23.1 Å². The lowest BCUT2D eigenvalue weighted by atomic mass is 9.75. The van der Waals surface area contributed by atoms with Crippen molar-refractivity contribution >= 4 is 34.8 Å². The van der Waals surface area contributed by atoms with Gasteiger partial charge in [-0.1, -0.05) is 36.2 Å². The molecule has 1 saturated heterocycles. The SMILES string of the molecule is C=CC(/C=C(/OC(C)c1c(Cl)ccc(F)c1Cl)C(C)=N)c1cnn(C2CCN(C(=O)C3CC(C)C3)CC2)c1. The number of hydrogen-bond acceptors (Lipinski definition) is 4. The first kappa shape index (κ1) is 28.4. The summed E-state index contributed by atoms with van der Waals surface area (Å²) in [4.78, 5) is 14.7. The Hall–Kier alpha value is -2.64. The number of likely N-dealkylation sites (tertiary alicyclic amines) is 1. The molecule has 1 aliphatic heterocycles. The van der Waals surface area contributed by atoms with E-state index in [4.69, 9.17) is 33.3 Å². The lowest BCUT2D eigenvalue weighted by Gasteiger charge is -2.39. The number of allylic oxidation sites excluding steroid dienone is 3. The van der Waals surface area contributed by atoms with Gasteiger partial charge < -0.3 is 15.0 Å². The minimum absolute atomic E-state index is 0.0940. The molecule has 0 spiro atoms. The zero-order valence-corrected chi connectivity index (χ0v) is 23.6. The van der Waals surface area contributed by atoms with Gasteiger partial charge in [-0.05, 0) is 63.7 Å². The van der Waals surface area contributed by atoms with Crippen LogP contribution in [0.5, 0.6) is 0 Å². The summed E-state index contributed by atoms with van der Waals surface area (Å²) >= 11 is 12.4. The second-order valence-corrected chi connectivity index (χ2v) is 11.3. The van der Waals surface area contributed by atoms with E-state index in [1.54, 1.807) is 32.2 Å². The van der Waals surface area contributed by atoms with Crippen molar-refractivity contribution in [1.82, 2.24) is 14.7 Å².